The van der Waals surface area contributed by atoms with E-state index in [1.165, 1.54) is 11.5 Å². The van der Waals surface area contributed by atoms with Crippen molar-refractivity contribution in [3.63, 3.8) is 0 Å². The van der Waals surface area contributed by atoms with Crippen LogP contribution >= 0.6 is 11.8 Å². The van der Waals surface area contributed by atoms with Crippen LogP contribution in [0, 0.1) is 5.92 Å². The van der Waals surface area contributed by atoms with Crippen molar-refractivity contribution in [1.29, 1.82) is 0 Å². The zero-order valence-corrected chi connectivity index (χ0v) is 11.5. The second-order valence-electron chi connectivity index (χ2n) is 4.53. The molecular weight excluding hydrogens is 246 g/mol. The van der Waals surface area contributed by atoms with E-state index in [9.17, 15) is 4.79 Å². The van der Waals surface area contributed by atoms with Gasteiger partial charge in [0, 0.05) is 18.2 Å². The van der Waals surface area contributed by atoms with Crippen LogP contribution in [0.2, 0.25) is 0 Å². The molecule has 18 heavy (non-hydrogen) atoms. The predicted molar refractivity (Wildman–Crippen MR) is 74.4 cm³/mol. The van der Waals surface area contributed by atoms with Gasteiger partial charge >= 0.3 is 0 Å². The van der Waals surface area contributed by atoms with Crippen LogP contribution < -0.4 is 4.74 Å². The van der Waals surface area contributed by atoms with Crippen LogP contribution in [-0.4, -0.2) is 28.9 Å². The Kier molecular flexibility index (Phi) is 5.05. The highest BCUT2D eigenvalue weighted by molar-refractivity contribution is 7.99. The van der Waals surface area contributed by atoms with Crippen LogP contribution in [0.1, 0.15) is 36.5 Å². The summed E-state index contributed by atoms with van der Waals surface area (Å²) in [6.07, 6.45) is 6.27. The highest BCUT2D eigenvalue weighted by Crippen LogP contribution is 2.26. The largest absolute Gasteiger partial charge is 0.492 e. The molecule has 0 spiro atoms. The molecule has 2 heterocycles. The van der Waals surface area contributed by atoms with Gasteiger partial charge in [-0.25, -0.2) is 0 Å². The maximum atomic E-state index is 12.2. The first-order valence-corrected chi connectivity index (χ1v) is 7.64. The molecule has 1 aromatic rings. The second kappa shape index (κ2) is 6.78. The smallest absolute Gasteiger partial charge is 0.164 e. The normalized spacial score (nSPS) is 16.5. The number of ketones is 1. The SMILES string of the molecule is CCOc1cncc(C(=O)CC2CCSCC2)c1. The van der Waals surface area contributed by atoms with Gasteiger partial charge in [-0.2, -0.15) is 11.8 Å². The van der Waals surface area contributed by atoms with Gasteiger partial charge in [-0.05, 0) is 43.3 Å². The summed E-state index contributed by atoms with van der Waals surface area (Å²) in [7, 11) is 0. The number of hydrogen-bond donors (Lipinski definition) is 0. The molecule has 0 saturated carbocycles. The zero-order valence-electron chi connectivity index (χ0n) is 10.7. The van der Waals surface area contributed by atoms with Crippen molar-refractivity contribution >= 4 is 17.5 Å². The van der Waals surface area contributed by atoms with E-state index in [1.54, 1.807) is 18.5 Å². The van der Waals surface area contributed by atoms with Gasteiger partial charge in [-0.3, -0.25) is 9.78 Å². The van der Waals surface area contributed by atoms with Crippen LogP contribution in [0.25, 0.3) is 0 Å². The number of thioether (sulfide) groups is 1. The van der Waals surface area contributed by atoms with Crippen LogP contribution in [0.5, 0.6) is 5.75 Å². The van der Waals surface area contributed by atoms with E-state index in [-0.39, 0.29) is 5.78 Å². The third-order valence-corrected chi connectivity index (χ3v) is 4.21. The second-order valence-corrected chi connectivity index (χ2v) is 5.75. The first-order chi connectivity index (χ1) is 8.79. The van der Waals surface area contributed by atoms with Gasteiger partial charge in [0.15, 0.2) is 5.78 Å². The highest BCUT2D eigenvalue weighted by Gasteiger charge is 2.18. The number of carbonyl (C=O) groups excluding carboxylic acids is 1. The number of ether oxygens (including phenoxy) is 1. The third-order valence-electron chi connectivity index (χ3n) is 3.16. The van der Waals surface area contributed by atoms with E-state index in [0.29, 0.717) is 30.3 Å². The Morgan fingerprint density at radius 2 is 2.22 bits per heavy atom. The summed E-state index contributed by atoms with van der Waals surface area (Å²) in [5, 5.41) is 0. The number of carbonyl (C=O) groups is 1. The molecule has 0 atom stereocenters. The molecule has 1 fully saturated rings. The van der Waals surface area contributed by atoms with Gasteiger partial charge in [0.25, 0.3) is 0 Å². The number of Topliss-reactive ketones (excluding diaryl/α,β-unsaturated/α-hetero) is 1. The molecule has 1 aromatic heterocycles. The molecule has 0 unspecified atom stereocenters. The summed E-state index contributed by atoms with van der Waals surface area (Å²) in [6, 6.07) is 1.80. The quantitative estimate of drug-likeness (QED) is 0.766. The van der Waals surface area contributed by atoms with Crippen LogP contribution in [0.15, 0.2) is 18.5 Å². The molecule has 1 saturated heterocycles. The minimum Gasteiger partial charge on any atom is -0.492 e. The highest BCUT2D eigenvalue weighted by atomic mass is 32.2. The Balaban J connectivity index is 1.96. The van der Waals surface area contributed by atoms with E-state index in [0.717, 1.165) is 12.8 Å². The Labute approximate surface area is 112 Å². The van der Waals surface area contributed by atoms with E-state index >= 15 is 0 Å². The first kappa shape index (κ1) is 13.4. The van der Waals surface area contributed by atoms with Crippen molar-refractivity contribution < 1.29 is 9.53 Å². The fourth-order valence-electron chi connectivity index (χ4n) is 2.15. The number of nitrogens with zero attached hydrogens (tertiary/aromatic N) is 1. The molecule has 98 valence electrons. The van der Waals surface area contributed by atoms with Crippen molar-refractivity contribution in [3.8, 4) is 5.75 Å². The van der Waals surface area contributed by atoms with Crippen molar-refractivity contribution in [3.05, 3.63) is 24.0 Å². The minimum absolute atomic E-state index is 0.195. The van der Waals surface area contributed by atoms with Gasteiger partial charge in [0.05, 0.1) is 12.8 Å². The molecule has 0 bridgehead atoms. The Morgan fingerprint density at radius 1 is 1.44 bits per heavy atom. The number of hydrogen-bond acceptors (Lipinski definition) is 4. The summed E-state index contributed by atoms with van der Waals surface area (Å²) >= 11 is 1.99. The van der Waals surface area contributed by atoms with Gasteiger partial charge in [-0.15, -0.1) is 0 Å². The van der Waals surface area contributed by atoms with Crippen LogP contribution in [-0.2, 0) is 0 Å². The molecule has 4 heteroatoms. The summed E-state index contributed by atoms with van der Waals surface area (Å²) in [5.41, 5.74) is 0.680. The molecule has 0 amide bonds. The maximum Gasteiger partial charge on any atom is 0.164 e. The van der Waals surface area contributed by atoms with Crippen molar-refractivity contribution in [2.45, 2.75) is 26.2 Å². The van der Waals surface area contributed by atoms with E-state index in [2.05, 4.69) is 4.98 Å². The lowest BCUT2D eigenvalue weighted by molar-refractivity contribution is 0.0958. The fraction of sp³-hybridized carbons (Fsp3) is 0.571. The summed E-state index contributed by atoms with van der Waals surface area (Å²) < 4.78 is 5.37. The average Bonchev–Trinajstić information content (AvgIpc) is 2.40. The predicted octanol–water partition coefficient (Wildman–Crippen LogP) is 3.20. The zero-order chi connectivity index (χ0) is 12.8. The lowest BCUT2D eigenvalue weighted by atomic mass is 9.94. The summed E-state index contributed by atoms with van der Waals surface area (Å²) in [5.74, 6) is 3.81. The third kappa shape index (κ3) is 3.73. The molecule has 0 aliphatic carbocycles. The van der Waals surface area contributed by atoms with E-state index < -0.39 is 0 Å². The van der Waals surface area contributed by atoms with Crippen molar-refractivity contribution in [2.75, 3.05) is 18.1 Å². The standard InChI is InChI=1S/C14H19NO2S/c1-2-17-13-8-12(9-15-10-13)14(16)7-11-3-5-18-6-4-11/h8-11H,2-7H2,1H3. The summed E-state index contributed by atoms with van der Waals surface area (Å²) in [6.45, 7) is 2.52. The molecule has 3 nitrogen and oxygen atoms in total. The van der Waals surface area contributed by atoms with E-state index in [4.69, 9.17) is 4.74 Å². The Morgan fingerprint density at radius 3 is 2.94 bits per heavy atom. The van der Waals surface area contributed by atoms with Crippen molar-refractivity contribution in [2.24, 2.45) is 5.92 Å². The van der Waals surface area contributed by atoms with E-state index in [1.807, 2.05) is 18.7 Å². The average molecular weight is 265 g/mol. The molecule has 1 aliphatic rings. The topological polar surface area (TPSA) is 39.2 Å². The van der Waals surface area contributed by atoms with Crippen LogP contribution in [0.4, 0.5) is 0 Å². The van der Waals surface area contributed by atoms with Gasteiger partial charge in [-0.1, -0.05) is 0 Å². The monoisotopic (exact) mass is 265 g/mol. The molecular formula is C14H19NO2S. The number of pyridine rings is 1. The first-order valence-electron chi connectivity index (χ1n) is 6.48. The molecule has 0 N–H and O–H groups in total. The van der Waals surface area contributed by atoms with Crippen molar-refractivity contribution in [1.82, 2.24) is 4.98 Å². The molecule has 2 rings (SSSR count). The number of aromatic nitrogens is 1. The fourth-order valence-corrected chi connectivity index (χ4v) is 3.35. The number of rotatable bonds is 5. The minimum atomic E-state index is 0.195. The maximum absolute atomic E-state index is 12.2. The lowest BCUT2D eigenvalue weighted by Gasteiger charge is -2.20. The van der Waals surface area contributed by atoms with Crippen LogP contribution in [0.3, 0.4) is 0 Å². The van der Waals surface area contributed by atoms with Gasteiger partial charge in [0.1, 0.15) is 5.75 Å². The molecule has 0 radical (unpaired) electrons. The van der Waals surface area contributed by atoms with Gasteiger partial charge in [0.2, 0.25) is 0 Å². The summed E-state index contributed by atoms with van der Waals surface area (Å²) in [4.78, 5) is 16.2. The van der Waals surface area contributed by atoms with Gasteiger partial charge < -0.3 is 4.74 Å². The Bertz CT molecular complexity index is 403. The Hall–Kier alpha value is -1.03. The molecule has 1 aliphatic heterocycles. The molecule has 0 aromatic carbocycles. The lowest BCUT2D eigenvalue weighted by Crippen LogP contribution is -2.14.